The molecule has 6 nitrogen and oxygen atoms in total. The lowest BCUT2D eigenvalue weighted by molar-refractivity contribution is -0.136. The lowest BCUT2D eigenvalue weighted by Gasteiger charge is -2.19. The maximum absolute atomic E-state index is 13.3. The van der Waals surface area contributed by atoms with Gasteiger partial charge in [-0.25, -0.2) is 4.79 Å². The SMILES string of the molecule is COC(=O)C1=C(C)N(c2ccc(OC)c(Cl)c2)C(=O)/C1=C/c1ccccc1OC. The molecule has 0 fully saturated rings. The summed E-state index contributed by atoms with van der Waals surface area (Å²) in [5, 5.41) is 0.354. The van der Waals surface area contributed by atoms with Crippen LogP contribution in [0.1, 0.15) is 12.5 Å². The van der Waals surface area contributed by atoms with Crippen LogP contribution in [0.25, 0.3) is 6.08 Å². The van der Waals surface area contributed by atoms with Gasteiger partial charge >= 0.3 is 5.97 Å². The van der Waals surface area contributed by atoms with Crippen molar-refractivity contribution in [1.29, 1.82) is 0 Å². The summed E-state index contributed by atoms with van der Waals surface area (Å²) in [7, 11) is 4.33. The Balaban J connectivity index is 2.16. The molecule has 1 heterocycles. The van der Waals surface area contributed by atoms with Gasteiger partial charge in [0.2, 0.25) is 0 Å². The van der Waals surface area contributed by atoms with Crippen molar-refractivity contribution in [1.82, 2.24) is 0 Å². The maximum Gasteiger partial charge on any atom is 0.340 e. The van der Waals surface area contributed by atoms with Gasteiger partial charge in [-0.3, -0.25) is 9.69 Å². The highest BCUT2D eigenvalue weighted by Crippen LogP contribution is 2.38. The third-order valence-corrected chi connectivity index (χ3v) is 4.92. The zero-order valence-corrected chi connectivity index (χ0v) is 17.2. The van der Waals surface area contributed by atoms with Crippen molar-refractivity contribution in [2.45, 2.75) is 6.92 Å². The van der Waals surface area contributed by atoms with E-state index in [1.54, 1.807) is 50.4 Å². The highest BCUT2D eigenvalue weighted by Gasteiger charge is 2.38. The van der Waals surface area contributed by atoms with Gasteiger partial charge in [-0.1, -0.05) is 29.8 Å². The summed E-state index contributed by atoms with van der Waals surface area (Å²) >= 11 is 6.23. The molecule has 7 heteroatoms. The average Bonchev–Trinajstić information content (AvgIpc) is 2.97. The largest absolute Gasteiger partial charge is 0.496 e. The highest BCUT2D eigenvalue weighted by atomic mass is 35.5. The normalized spacial score (nSPS) is 15.1. The lowest BCUT2D eigenvalue weighted by atomic mass is 10.0. The van der Waals surface area contributed by atoms with E-state index >= 15 is 0 Å². The van der Waals surface area contributed by atoms with E-state index in [1.165, 1.54) is 19.1 Å². The number of halogens is 1. The van der Waals surface area contributed by atoms with E-state index < -0.39 is 5.97 Å². The van der Waals surface area contributed by atoms with Gasteiger partial charge in [-0.2, -0.15) is 0 Å². The summed E-state index contributed by atoms with van der Waals surface area (Å²) in [6, 6.07) is 12.2. The van der Waals surface area contributed by atoms with Gasteiger partial charge in [0.1, 0.15) is 11.5 Å². The van der Waals surface area contributed by atoms with Crippen LogP contribution in [0.15, 0.2) is 59.3 Å². The van der Waals surface area contributed by atoms with Crippen LogP contribution in [0.2, 0.25) is 5.02 Å². The molecule has 0 N–H and O–H groups in total. The fourth-order valence-electron chi connectivity index (χ4n) is 3.23. The fourth-order valence-corrected chi connectivity index (χ4v) is 3.48. The number of nitrogens with zero attached hydrogens (tertiary/aromatic N) is 1. The number of amides is 1. The predicted octanol–water partition coefficient (Wildman–Crippen LogP) is 4.23. The average molecular weight is 414 g/mol. The van der Waals surface area contributed by atoms with Crippen molar-refractivity contribution in [2.24, 2.45) is 0 Å². The lowest BCUT2D eigenvalue weighted by Crippen LogP contribution is -2.24. The minimum absolute atomic E-state index is 0.190. The number of para-hydroxylation sites is 1. The molecule has 2 aromatic rings. The van der Waals surface area contributed by atoms with Gasteiger partial charge < -0.3 is 14.2 Å². The second-order valence-corrected chi connectivity index (χ2v) is 6.62. The predicted molar refractivity (Wildman–Crippen MR) is 111 cm³/mol. The van der Waals surface area contributed by atoms with Gasteiger partial charge in [-0.05, 0) is 37.3 Å². The standard InChI is InChI=1S/C22H20ClNO5/c1-13-20(22(26)29-4)16(11-14-7-5-6-8-18(14)27-2)21(25)24(13)15-9-10-19(28-3)17(23)12-15/h5-12H,1-4H3/b16-11+. The number of carbonyl (C=O) groups is 2. The van der Waals surface area contributed by atoms with Crippen molar-refractivity contribution in [2.75, 3.05) is 26.2 Å². The summed E-state index contributed by atoms with van der Waals surface area (Å²) in [5.74, 6) is 0.108. The number of hydrogen-bond donors (Lipinski definition) is 0. The molecule has 150 valence electrons. The van der Waals surface area contributed by atoms with Gasteiger partial charge in [0.05, 0.1) is 43.2 Å². The first-order chi connectivity index (χ1) is 13.9. The summed E-state index contributed by atoms with van der Waals surface area (Å²) in [6.45, 7) is 1.69. The second kappa shape index (κ2) is 8.41. The Kier molecular flexibility index (Phi) is 5.94. The Bertz CT molecular complexity index is 1040. The first-order valence-corrected chi connectivity index (χ1v) is 9.13. The van der Waals surface area contributed by atoms with Crippen molar-refractivity contribution in [3.63, 3.8) is 0 Å². The molecule has 0 unspecified atom stereocenters. The van der Waals surface area contributed by atoms with Crippen molar-refractivity contribution >= 4 is 35.2 Å². The molecule has 0 aliphatic carbocycles. The Morgan fingerprint density at radius 1 is 1.03 bits per heavy atom. The maximum atomic E-state index is 13.3. The number of ether oxygens (including phenoxy) is 3. The Morgan fingerprint density at radius 2 is 1.72 bits per heavy atom. The quantitative estimate of drug-likeness (QED) is 0.542. The molecule has 2 aromatic carbocycles. The minimum Gasteiger partial charge on any atom is -0.496 e. The highest BCUT2D eigenvalue weighted by molar-refractivity contribution is 6.32. The molecule has 0 radical (unpaired) electrons. The van der Waals surface area contributed by atoms with Crippen molar-refractivity contribution < 1.29 is 23.8 Å². The van der Waals surface area contributed by atoms with E-state index in [9.17, 15) is 9.59 Å². The smallest absolute Gasteiger partial charge is 0.340 e. The van der Waals surface area contributed by atoms with Crippen molar-refractivity contribution in [3.8, 4) is 11.5 Å². The number of anilines is 1. The van der Waals surface area contributed by atoms with E-state index in [0.29, 0.717) is 33.5 Å². The summed E-state index contributed by atoms with van der Waals surface area (Å²) in [6.07, 6.45) is 1.63. The number of hydrogen-bond acceptors (Lipinski definition) is 5. The number of allylic oxidation sites excluding steroid dienone is 1. The zero-order chi connectivity index (χ0) is 21.1. The number of benzene rings is 2. The van der Waals surface area contributed by atoms with Gasteiger partial charge in [0, 0.05) is 11.3 Å². The minimum atomic E-state index is -0.598. The van der Waals surface area contributed by atoms with E-state index in [2.05, 4.69) is 0 Å². The molecule has 29 heavy (non-hydrogen) atoms. The third kappa shape index (κ3) is 3.71. The van der Waals surface area contributed by atoms with Crippen LogP contribution >= 0.6 is 11.6 Å². The molecule has 3 rings (SSSR count). The van der Waals surface area contributed by atoms with E-state index in [1.807, 2.05) is 12.1 Å². The van der Waals surface area contributed by atoms with Crippen LogP contribution < -0.4 is 14.4 Å². The molecule has 0 bridgehead atoms. The van der Waals surface area contributed by atoms with E-state index in [0.717, 1.165) is 0 Å². The molecule has 1 aliphatic rings. The molecule has 0 aromatic heterocycles. The molecule has 1 amide bonds. The molecule has 0 saturated heterocycles. The van der Waals surface area contributed by atoms with Crippen LogP contribution in [0.3, 0.4) is 0 Å². The van der Waals surface area contributed by atoms with Crippen LogP contribution in [0, 0.1) is 0 Å². The number of methoxy groups -OCH3 is 3. The Morgan fingerprint density at radius 3 is 2.34 bits per heavy atom. The van der Waals surface area contributed by atoms with Gasteiger partial charge in [0.25, 0.3) is 5.91 Å². The molecular formula is C22H20ClNO5. The topological polar surface area (TPSA) is 65.1 Å². The Hall–Kier alpha value is -3.25. The first kappa shape index (κ1) is 20.5. The summed E-state index contributed by atoms with van der Waals surface area (Å²) in [5.41, 5.74) is 2.04. The fraction of sp³-hybridized carbons (Fsp3) is 0.182. The van der Waals surface area contributed by atoms with Crippen LogP contribution in [-0.4, -0.2) is 33.2 Å². The molecule has 1 aliphatic heterocycles. The van der Waals surface area contributed by atoms with E-state index in [-0.39, 0.29) is 17.1 Å². The first-order valence-electron chi connectivity index (χ1n) is 8.75. The van der Waals surface area contributed by atoms with Gasteiger partial charge in [-0.15, -0.1) is 0 Å². The second-order valence-electron chi connectivity index (χ2n) is 6.21. The monoisotopic (exact) mass is 413 g/mol. The Labute approximate surface area is 173 Å². The van der Waals surface area contributed by atoms with Crippen LogP contribution in [-0.2, 0) is 14.3 Å². The molecule has 0 atom stereocenters. The number of rotatable bonds is 5. The molecule has 0 spiro atoms. The number of carbonyl (C=O) groups excluding carboxylic acids is 2. The molecular weight excluding hydrogens is 394 g/mol. The van der Waals surface area contributed by atoms with Crippen molar-refractivity contribution in [3.05, 3.63) is 69.9 Å². The third-order valence-electron chi connectivity index (χ3n) is 4.62. The zero-order valence-electron chi connectivity index (χ0n) is 16.5. The number of esters is 1. The molecule has 0 saturated carbocycles. The van der Waals surface area contributed by atoms with Gasteiger partial charge in [0.15, 0.2) is 0 Å². The summed E-state index contributed by atoms with van der Waals surface area (Å²) < 4.78 is 15.5. The van der Waals surface area contributed by atoms with Crippen LogP contribution in [0.5, 0.6) is 11.5 Å². The van der Waals surface area contributed by atoms with E-state index in [4.69, 9.17) is 25.8 Å². The summed E-state index contributed by atoms with van der Waals surface area (Å²) in [4.78, 5) is 27.2. The van der Waals surface area contributed by atoms with Crippen LogP contribution in [0.4, 0.5) is 5.69 Å².